The molecule has 36 heavy (non-hydrogen) atoms. The highest BCUT2D eigenvalue weighted by atomic mass is 16.5. The molecule has 1 amide bonds. The summed E-state index contributed by atoms with van der Waals surface area (Å²) in [5.74, 6) is -0.148. The highest BCUT2D eigenvalue weighted by Gasteiger charge is 2.21. The minimum atomic E-state index is -0.668. The first-order valence-corrected chi connectivity index (χ1v) is 11.2. The van der Waals surface area contributed by atoms with Crippen LogP contribution in [0.1, 0.15) is 24.3 Å². The van der Waals surface area contributed by atoms with Gasteiger partial charge in [-0.3, -0.25) is 14.2 Å². The highest BCUT2D eigenvalue weighted by molar-refractivity contribution is 5.93. The maximum Gasteiger partial charge on any atom is 0.351 e. The van der Waals surface area contributed by atoms with Gasteiger partial charge < -0.3 is 9.42 Å². The Morgan fingerprint density at radius 2 is 1.83 bits per heavy atom. The Bertz CT molecular complexity index is 1530. The van der Waals surface area contributed by atoms with Crippen LogP contribution in [0.3, 0.4) is 0 Å². The van der Waals surface area contributed by atoms with Crippen molar-refractivity contribution in [2.75, 3.05) is 11.4 Å². The number of nitriles is 1. The molecule has 0 fully saturated rings. The lowest BCUT2D eigenvalue weighted by atomic mass is 10.2. The van der Waals surface area contributed by atoms with Crippen LogP contribution < -0.4 is 16.1 Å². The largest absolute Gasteiger partial charge is 0.351 e. The number of carbonyl (C=O) groups excluding carboxylic acids is 1. The molecule has 11 heteroatoms. The van der Waals surface area contributed by atoms with E-state index in [-0.39, 0.29) is 49.1 Å². The third-order valence-electron chi connectivity index (χ3n) is 5.50. The van der Waals surface area contributed by atoms with Gasteiger partial charge in [-0.2, -0.15) is 20.0 Å². The average molecular weight is 486 g/mol. The van der Waals surface area contributed by atoms with E-state index in [0.29, 0.717) is 11.4 Å². The van der Waals surface area contributed by atoms with Crippen LogP contribution in [0.5, 0.6) is 0 Å². The smallest absolute Gasteiger partial charge is 0.339 e. The van der Waals surface area contributed by atoms with E-state index in [1.165, 1.54) is 11.9 Å². The fourth-order valence-electron chi connectivity index (χ4n) is 3.54. The van der Waals surface area contributed by atoms with Gasteiger partial charge >= 0.3 is 5.69 Å². The first-order valence-electron chi connectivity index (χ1n) is 11.2. The summed E-state index contributed by atoms with van der Waals surface area (Å²) >= 11 is 0. The second kappa shape index (κ2) is 10.6. The average Bonchev–Trinajstić information content (AvgIpc) is 3.36. The number of rotatable bonds is 8. The van der Waals surface area contributed by atoms with Crippen molar-refractivity contribution in [1.29, 1.82) is 5.26 Å². The van der Waals surface area contributed by atoms with Crippen LogP contribution in [0, 0.1) is 18.3 Å². The molecule has 0 atom stereocenters. The molecule has 4 rings (SSSR count). The standard InChI is InChI=1S/C25H23N7O4/c1-17-9-11-19(12-10-17)32-25(35)30(2)24(34)22(28-32)23-27-20(36-29-23)13-14-21(33)31(16-6-15-26)18-7-4-3-5-8-18/h3-5,7-12H,6,13-14,16H2,1-2H3. The molecule has 0 aliphatic carbocycles. The summed E-state index contributed by atoms with van der Waals surface area (Å²) in [4.78, 5) is 44.0. The molecular weight excluding hydrogens is 462 g/mol. The topological polar surface area (TPSA) is 140 Å². The number of aryl methyl sites for hydroxylation is 2. The number of hydrogen-bond donors (Lipinski definition) is 0. The number of benzene rings is 2. The van der Waals surface area contributed by atoms with Crippen molar-refractivity contribution in [2.45, 2.75) is 26.2 Å². The molecule has 0 bridgehead atoms. The van der Waals surface area contributed by atoms with E-state index in [0.717, 1.165) is 14.8 Å². The molecule has 0 radical (unpaired) electrons. The SMILES string of the molecule is Cc1ccc(-n2nc(-c3noc(CCC(=O)N(CCC#N)c4ccccc4)n3)c(=O)n(C)c2=O)cc1. The Morgan fingerprint density at radius 1 is 1.11 bits per heavy atom. The summed E-state index contributed by atoms with van der Waals surface area (Å²) in [7, 11) is 1.35. The zero-order valence-electron chi connectivity index (χ0n) is 19.8. The Hall–Kier alpha value is -4.85. The van der Waals surface area contributed by atoms with E-state index in [2.05, 4.69) is 21.3 Å². The van der Waals surface area contributed by atoms with Crippen molar-refractivity contribution < 1.29 is 9.32 Å². The Kier molecular flexibility index (Phi) is 7.15. The van der Waals surface area contributed by atoms with Gasteiger partial charge in [-0.1, -0.05) is 41.1 Å². The molecule has 0 aliphatic rings. The van der Waals surface area contributed by atoms with Crippen LogP contribution in [0.2, 0.25) is 0 Å². The van der Waals surface area contributed by atoms with E-state index in [1.807, 2.05) is 37.3 Å². The maximum atomic E-state index is 12.9. The summed E-state index contributed by atoms with van der Waals surface area (Å²) in [6.07, 6.45) is 0.368. The van der Waals surface area contributed by atoms with Gasteiger partial charge in [0.15, 0.2) is 5.69 Å². The molecule has 0 saturated heterocycles. The van der Waals surface area contributed by atoms with Crippen molar-refractivity contribution in [3.05, 3.63) is 86.9 Å². The molecule has 0 N–H and O–H groups in total. The van der Waals surface area contributed by atoms with Crippen molar-refractivity contribution in [1.82, 2.24) is 24.5 Å². The van der Waals surface area contributed by atoms with E-state index in [1.54, 1.807) is 24.3 Å². The zero-order chi connectivity index (χ0) is 25.7. The Balaban J connectivity index is 1.56. The molecule has 0 saturated carbocycles. The number of anilines is 1. The molecule has 4 aromatic rings. The lowest BCUT2D eigenvalue weighted by molar-refractivity contribution is -0.118. The Morgan fingerprint density at radius 3 is 2.53 bits per heavy atom. The lowest BCUT2D eigenvalue weighted by Crippen LogP contribution is -2.40. The van der Waals surface area contributed by atoms with Gasteiger partial charge in [0.25, 0.3) is 5.56 Å². The highest BCUT2D eigenvalue weighted by Crippen LogP contribution is 2.17. The molecule has 182 valence electrons. The monoisotopic (exact) mass is 485 g/mol. The number of hydrogen-bond acceptors (Lipinski definition) is 8. The van der Waals surface area contributed by atoms with Gasteiger partial charge in [-0.15, -0.1) is 0 Å². The third kappa shape index (κ3) is 5.12. The molecule has 2 aromatic carbocycles. The molecular formula is C25H23N7O4. The summed E-state index contributed by atoms with van der Waals surface area (Å²) in [5.41, 5.74) is 0.746. The maximum absolute atomic E-state index is 12.9. The number of amides is 1. The van der Waals surface area contributed by atoms with Crippen LogP contribution in [0.4, 0.5) is 5.69 Å². The molecule has 0 spiro atoms. The third-order valence-corrected chi connectivity index (χ3v) is 5.50. The molecule has 0 unspecified atom stereocenters. The first-order chi connectivity index (χ1) is 17.4. The normalized spacial score (nSPS) is 10.7. The van der Waals surface area contributed by atoms with E-state index >= 15 is 0 Å². The Labute approximate surface area is 205 Å². The summed E-state index contributed by atoms with van der Waals surface area (Å²) < 4.78 is 7.29. The van der Waals surface area contributed by atoms with Gasteiger partial charge in [-0.05, 0) is 31.2 Å². The molecule has 11 nitrogen and oxygen atoms in total. The lowest BCUT2D eigenvalue weighted by Gasteiger charge is -2.21. The second-order valence-electron chi connectivity index (χ2n) is 8.04. The summed E-state index contributed by atoms with van der Waals surface area (Å²) in [6, 6.07) is 18.2. The minimum Gasteiger partial charge on any atom is -0.339 e. The number of carbonyl (C=O) groups is 1. The van der Waals surface area contributed by atoms with Gasteiger partial charge in [0.1, 0.15) is 0 Å². The first kappa shape index (κ1) is 24.3. The predicted octanol–water partition coefficient (Wildman–Crippen LogP) is 2.17. The van der Waals surface area contributed by atoms with Gasteiger partial charge in [0.05, 0.1) is 18.2 Å². The number of aromatic nitrogens is 5. The van der Waals surface area contributed by atoms with Crippen molar-refractivity contribution >= 4 is 11.6 Å². The van der Waals surface area contributed by atoms with E-state index < -0.39 is 11.2 Å². The summed E-state index contributed by atoms with van der Waals surface area (Å²) in [5, 5.41) is 17.0. The quantitative estimate of drug-likeness (QED) is 0.370. The van der Waals surface area contributed by atoms with Crippen LogP contribution in [-0.2, 0) is 18.3 Å². The molecule has 2 heterocycles. The second-order valence-corrected chi connectivity index (χ2v) is 8.04. The van der Waals surface area contributed by atoms with Crippen molar-refractivity contribution in [3.8, 4) is 23.3 Å². The fraction of sp³-hybridized carbons (Fsp3) is 0.240. The number of nitrogens with zero attached hydrogens (tertiary/aromatic N) is 7. The predicted molar refractivity (Wildman–Crippen MR) is 130 cm³/mol. The number of para-hydroxylation sites is 1. The van der Waals surface area contributed by atoms with Gasteiger partial charge in [-0.25, -0.2) is 4.79 Å². The van der Waals surface area contributed by atoms with Crippen molar-refractivity contribution in [2.24, 2.45) is 7.05 Å². The van der Waals surface area contributed by atoms with Gasteiger partial charge in [0.2, 0.25) is 17.6 Å². The molecule has 2 aromatic heterocycles. The van der Waals surface area contributed by atoms with Crippen LogP contribution >= 0.6 is 0 Å². The van der Waals surface area contributed by atoms with Crippen molar-refractivity contribution in [3.63, 3.8) is 0 Å². The zero-order valence-corrected chi connectivity index (χ0v) is 19.8. The minimum absolute atomic E-state index is 0.0518. The fourth-order valence-corrected chi connectivity index (χ4v) is 3.54. The van der Waals surface area contributed by atoms with Gasteiger partial charge in [0, 0.05) is 32.1 Å². The van der Waals surface area contributed by atoms with E-state index in [9.17, 15) is 14.4 Å². The molecule has 0 aliphatic heterocycles. The van der Waals surface area contributed by atoms with E-state index in [4.69, 9.17) is 9.78 Å². The summed E-state index contributed by atoms with van der Waals surface area (Å²) in [6.45, 7) is 2.18. The van der Waals surface area contributed by atoms with Crippen LogP contribution in [0.25, 0.3) is 17.2 Å². The van der Waals surface area contributed by atoms with Crippen LogP contribution in [-0.4, -0.2) is 36.9 Å². The van der Waals surface area contributed by atoms with Crippen LogP contribution in [0.15, 0.2) is 68.7 Å².